The molecule has 0 aliphatic carbocycles. The van der Waals surface area contributed by atoms with Crippen LogP contribution in [-0.2, 0) is 0 Å². The van der Waals surface area contributed by atoms with Gasteiger partial charge in [0.2, 0.25) is 6.20 Å². The van der Waals surface area contributed by atoms with Crippen molar-refractivity contribution in [1.82, 2.24) is 0 Å². The molecule has 0 amide bonds. The fourth-order valence-electron chi connectivity index (χ4n) is 1.63. The zero-order valence-corrected chi connectivity index (χ0v) is 14.2. The van der Waals surface area contributed by atoms with Gasteiger partial charge in [-0.3, -0.25) is 10.1 Å². The minimum Gasteiger partial charge on any atom is -0.422 e. The van der Waals surface area contributed by atoms with E-state index in [-0.39, 0.29) is 5.75 Å². The van der Waals surface area contributed by atoms with Gasteiger partial charge in [0.25, 0.3) is 0 Å². The molecule has 2 aromatic carbocycles. The second kappa shape index (κ2) is 7.33. The molecule has 0 saturated carbocycles. The number of carbonyl (C=O) groups is 1. The standard InChI is InChI=1S/C15H9Br2NO4/c16-12-3-1-10(2-4-12)15(19)22-14-6-5-13(17)9-11(14)7-8-18(20)21/h1-9H/b8-7+. The van der Waals surface area contributed by atoms with Gasteiger partial charge < -0.3 is 4.74 Å². The van der Waals surface area contributed by atoms with Crippen LogP contribution in [0.15, 0.2) is 57.6 Å². The molecule has 0 heterocycles. The molecule has 0 aliphatic rings. The van der Waals surface area contributed by atoms with Crippen molar-refractivity contribution in [2.45, 2.75) is 0 Å². The molecule has 0 N–H and O–H groups in total. The second-order valence-electron chi connectivity index (χ2n) is 4.18. The Bertz CT molecular complexity index is 742. The third-order valence-electron chi connectivity index (χ3n) is 2.63. The van der Waals surface area contributed by atoms with Crippen molar-refractivity contribution in [1.29, 1.82) is 0 Å². The molecule has 0 spiro atoms. The maximum absolute atomic E-state index is 12.1. The van der Waals surface area contributed by atoms with E-state index in [4.69, 9.17) is 4.74 Å². The molecular weight excluding hydrogens is 418 g/mol. The van der Waals surface area contributed by atoms with E-state index in [1.807, 2.05) is 0 Å². The van der Waals surface area contributed by atoms with E-state index < -0.39 is 10.9 Å². The van der Waals surface area contributed by atoms with Crippen molar-refractivity contribution >= 4 is 43.9 Å². The quantitative estimate of drug-likeness (QED) is 0.308. The highest BCUT2D eigenvalue weighted by Crippen LogP contribution is 2.25. The molecule has 7 heteroatoms. The molecule has 0 fully saturated rings. The fraction of sp³-hybridized carbons (Fsp3) is 0. The van der Waals surface area contributed by atoms with Crippen LogP contribution >= 0.6 is 31.9 Å². The van der Waals surface area contributed by atoms with Gasteiger partial charge in [-0.2, -0.15) is 0 Å². The Morgan fingerprint density at radius 2 is 1.73 bits per heavy atom. The first kappa shape index (κ1) is 16.4. The Morgan fingerprint density at radius 3 is 2.36 bits per heavy atom. The summed E-state index contributed by atoms with van der Waals surface area (Å²) in [7, 11) is 0. The number of nitrogens with zero attached hydrogens (tertiary/aromatic N) is 1. The van der Waals surface area contributed by atoms with Crippen LogP contribution in [0.25, 0.3) is 6.08 Å². The number of hydrogen-bond acceptors (Lipinski definition) is 4. The summed E-state index contributed by atoms with van der Waals surface area (Å²) in [6.07, 6.45) is 2.06. The molecule has 0 radical (unpaired) electrons. The van der Waals surface area contributed by atoms with Crippen LogP contribution in [0.3, 0.4) is 0 Å². The maximum Gasteiger partial charge on any atom is 0.343 e. The molecule has 2 rings (SSSR count). The maximum atomic E-state index is 12.1. The smallest absolute Gasteiger partial charge is 0.343 e. The first-order chi connectivity index (χ1) is 10.5. The molecule has 0 saturated heterocycles. The Morgan fingerprint density at radius 1 is 1.09 bits per heavy atom. The molecule has 0 aliphatic heterocycles. The summed E-state index contributed by atoms with van der Waals surface area (Å²) in [5.41, 5.74) is 0.812. The zero-order chi connectivity index (χ0) is 16.1. The lowest BCUT2D eigenvalue weighted by Gasteiger charge is -2.08. The number of carbonyl (C=O) groups excluding carboxylic acids is 1. The topological polar surface area (TPSA) is 69.4 Å². The van der Waals surface area contributed by atoms with Gasteiger partial charge in [0.15, 0.2) is 0 Å². The Labute approximate surface area is 143 Å². The van der Waals surface area contributed by atoms with E-state index in [1.54, 1.807) is 42.5 Å². The first-order valence-corrected chi connectivity index (χ1v) is 7.63. The first-order valence-electron chi connectivity index (χ1n) is 6.05. The van der Waals surface area contributed by atoms with E-state index in [2.05, 4.69) is 31.9 Å². The Balaban J connectivity index is 2.26. The zero-order valence-electron chi connectivity index (χ0n) is 11.0. The van der Waals surface area contributed by atoms with Gasteiger partial charge in [0, 0.05) is 20.6 Å². The van der Waals surface area contributed by atoms with Crippen LogP contribution < -0.4 is 4.74 Å². The normalized spacial score (nSPS) is 10.6. The molecule has 5 nitrogen and oxygen atoms in total. The van der Waals surface area contributed by atoms with Crippen molar-refractivity contribution in [2.75, 3.05) is 0 Å². The monoisotopic (exact) mass is 425 g/mol. The summed E-state index contributed by atoms with van der Waals surface area (Å²) in [6.45, 7) is 0. The summed E-state index contributed by atoms with van der Waals surface area (Å²) in [5, 5.41) is 10.4. The summed E-state index contributed by atoms with van der Waals surface area (Å²) < 4.78 is 6.88. The average Bonchev–Trinajstić information content (AvgIpc) is 2.48. The molecule has 22 heavy (non-hydrogen) atoms. The van der Waals surface area contributed by atoms with Crippen molar-refractivity contribution in [3.05, 3.63) is 78.9 Å². The number of esters is 1. The van der Waals surface area contributed by atoms with Crippen molar-refractivity contribution in [3.63, 3.8) is 0 Å². The highest BCUT2D eigenvalue weighted by atomic mass is 79.9. The van der Waals surface area contributed by atoms with Crippen molar-refractivity contribution in [3.8, 4) is 5.75 Å². The predicted octanol–water partition coefficient (Wildman–Crippen LogP) is 4.68. The number of halogens is 2. The predicted molar refractivity (Wildman–Crippen MR) is 89.3 cm³/mol. The van der Waals surface area contributed by atoms with Crippen LogP contribution in [0.1, 0.15) is 15.9 Å². The van der Waals surface area contributed by atoms with Gasteiger partial charge in [-0.1, -0.05) is 31.9 Å². The fourth-order valence-corrected chi connectivity index (χ4v) is 2.27. The molecule has 0 atom stereocenters. The van der Waals surface area contributed by atoms with Gasteiger partial charge in [-0.05, 0) is 42.5 Å². The summed E-state index contributed by atoms with van der Waals surface area (Å²) in [4.78, 5) is 22.0. The van der Waals surface area contributed by atoms with Crippen molar-refractivity contribution < 1.29 is 14.5 Å². The van der Waals surface area contributed by atoms with E-state index in [0.717, 1.165) is 15.1 Å². The minimum absolute atomic E-state index is 0.245. The lowest BCUT2D eigenvalue weighted by Crippen LogP contribution is -2.09. The SMILES string of the molecule is O=C(Oc1ccc(Br)cc1/C=C/[N+](=O)[O-])c1ccc(Br)cc1. The van der Waals surface area contributed by atoms with Gasteiger partial charge in [0.1, 0.15) is 5.75 Å². The number of rotatable bonds is 4. The van der Waals surface area contributed by atoms with Gasteiger partial charge in [0.05, 0.1) is 10.5 Å². The number of hydrogen-bond donors (Lipinski definition) is 0. The van der Waals surface area contributed by atoms with Crippen LogP contribution in [0.5, 0.6) is 5.75 Å². The van der Waals surface area contributed by atoms with Gasteiger partial charge >= 0.3 is 5.97 Å². The minimum atomic E-state index is -0.582. The lowest BCUT2D eigenvalue weighted by atomic mass is 10.2. The van der Waals surface area contributed by atoms with Crippen LogP contribution in [0, 0.1) is 10.1 Å². The third kappa shape index (κ3) is 4.51. The summed E-state index contributed by atoms with van der Waals surface area (Å²) in [5.74, 6) is -0.292. The third-order valence-corrected chi connectivity index (χ3v) is 3.65. The molecule has 0 unspecified atom stereocenters. The average molecular weight is 427 g/mol. The van der Waals surface area contributed by atoms with Gasteiger partial charge in [-0.15, -0.1) is 0 Å². The summed E-state index contributed by atoms with van der Waals surface area (Å²) >= 11 is 6.56. The largest absolute Gasteiger partial charge is 0.422 e. The second-order valence-corrected chi connectivity index (χ2v) is 6.01. The van der Waals surface area contributed by atoms with Crippen LogP contribution in [0.4, 0.5) is 0 Å². The van der Waals surface area contributed by atoms with E-state index in [9.17, 15) is 14.9 Å². The Kier molecular flexibility index (Phi) is 5.46. The number of nitro groups is 1. The number of benzene rings is 2. The molecule has 0 aromatic heterocycles. The van der Waals surface area contributed by atoms with E-state index in [0.29, 0.717) is 11.1 Å². The molecular formula is C15H9Br2NO4. The summed E-state index contributed by atoms with van der Waals surface area (Å²) in [6, 6.07) is 11.6. The molecule has 112 valence electrons. The van der Waals surface area contributed by atoms with Crippen LogP contribution in [-0.4, -0.2) is 10.9 Å². The van der Waals surface area contributed by atoms with Gasteiger partial charge in [-0.25, -0.2) is 4.79 Å². The van der Waals surface area contributed by atoms with E-state index in [1.165, 1.54) is 6.08 Å². The van der Waals surface area contributed by atoms with Crippen molar-refractivity contribution in [2.24, 2.45) is 0 Å². The highest BCUT2D eigenvalue weighted by molar-refractivity contribution is 9.10. The highest BCUT2D eigenvalue weighted by Gasteiger charge is 2.11. The lowest BCUT2D eigenvalue weighted by molar-refractivity contribution is -0.400. The molecule has 0 bridgehead atoms. The molecule has 2 aromatic rings. The van der Waals surface area contributed by atoms with Crippen LogP contribution in [0.2, 0.25) is 0 Å². The van der Waals surface area contributed by atoms with E-state index >= 15 is 0 Å². The Hall–Kier alpha value is -1.99. The number of ether oxygens (including phenoxy) is 1.